The predicted octanol–water partition coefficient (Wildman–Crippen LogP) is 3.51. The van der Waals surface area contributed by atoms with Crippen LogP contribution in [0.25, 0.3) is 0 Å². The summed E-state index contributed by atoms with van der Waals surface area (Å²) in [7, 11) is -3.35. The molecule has 0 amide bonds. The highest BCUT2D eigenvalue weighted by molar-refractivity contribution is 9.10. The minimum Gasteiger partial charge on any atom is -0.207 e. The van der Waals surface area contributed by atoms with E-state index in [4.69, 9.17) is 0 Å². The highest BCUT2D eigenvalue weighted by atomic mass is 79.9. The molecular formula is C14H20BrNO2S. The van der Waals surface area contributed by atoms with Gasteiger partial charge in [0, 0.05) is 17.6 Å². The minimum absolute atomic E-state index is 0.154. The van der Waals surface area contributed by atoms with Crippen molar-refractivity contribution in [2.45, 2.75) is 32.1 Å². The van der Waals surface area contributed by atoms with Crippen LogP contribution in [0.15, 0.2) is 33.6 Å². The van der Waals surface area contributed by atoms with Gasteiger partial charge in [0.25, 0.3) is 0 Å². The SMILES string of the molecule is CC(C)(C)C1CCN(S(=O)(=O)c2cccc(Br)c2)C1. The fraction of sp³-hybridized carbons (Fsp3) is 0.571. The smallest absolute Gasteiger partial charge is 0.207 e. The second kappa shape index (κ2) is 5.19. The number of hydrogen-bond donors (Lipinski definition) is 0. The first kappa shape index (κ1) is 15.0. The highest BCUT2D eigenvalue weighted by Crippen LogP contribution is 2.35. The van der Waals surface area contributed by atoms with Crippen LogP contribution in [-0.2, 0) is 10.0 Å². The second-order valence-corrected chi connectivity index (χ2v) is 9.03. The Labute approximate surface area is 124 Å². The summed E-state index contributed by atoms with van der Waals surface area (Å²) in [4.78, 5) is 0.372. The molecule has 1 aliphatic heterocycles. The molecule has 2 rings (SSSR count). The molecule has 106 valence electrons. The maximum Gasteiger partial charge on any atom is 0.243 e. The van der Waals surface area contributed by atoms with Crippen LogP contribution < -0.4 is 0 Å². The lowest BCUT2D eigenvalue weighted by atomic mass is 9.80. The molecule has 0 spiro atoms. The number of benzene rings is 1. The number of rotatable bonds is 2. The van der Waals surface area contributed by atoms with Gasteiger partial charge < -0.3 is 0 Å². The van der Waals surface area contributed by atoms with E-state index in [0.29, 0.717) is 23.9 Å². The van der Waals surface area contributed by atoms with Gasteiger partial charge in [0.15, 0.2) is 0 Å². The van der Waals surface area contributed by atoms with E-state index in [1.807, 2.05) is 6.07 Å². The molecule has 3 nitrogen and oxygen atoms in total. The first-order valence-corrected chi connectivity index (χ1v) is 8.70. The van der Waals surface area contributed by atoms with Gasteiger partial charge in [-0.2, -0.15) is 4.31 Å². The fourth-order valence-corrected chi connectivity index (χ4v) is 4.53. The van der Waals surface area contributed by atoms with Crippen LogP contribution >= 0.6 is 15.9 Å². The third-order valence-corrected chi connectivity index (χ3v) is 6.16. The Morgan fingerprint density at radius 2 is 2.00 bits per heavy atom. The van der Waals surface area contributed by atoms with E-state index in [-0.39, 0.29) is 5.41 Å². The zero-order valence-electron chi connectivity index (χ0n) is 11.6. The van der Waals surface area contributed by atoms with Gasteiger partial charge in [-0.1, -0.05) is 42.8 Å². The van der Waals surface area contributed by atoms with Crippen molar-refractivity contribution >= 4 is 26.0 Å². The lowest BCUT2D eigenvalue weighted by molar-refractivity contribution is 0.252. The monoisotopic (exact) mass is 345 g/mol. The Morgan fingerprint density at radius 3 is 2.53 bits per heavy atom. The molecule has 1 aliphatic rings. The molecule has 0 saturated carbocycles. The van der Waals surface area contributed by atoms with Crippen molar-refractivity contribution in [2.75, 3.05) is 13.1 Å². The molecule has 1 aromatic rings. The third-order valence-electron chi connectivity index (χ3n) is 3.81. The zero-order chi connectivity index (χ0) is 14.3. The van der Waals surface area contributed by atoms with Crippen molar-refractivity contribution in [1.82, 2.24) is 4.31 Å². The van der Waals surface area contributed by atoms with Crippen LogP contribution in [0.1, 0.15) is 27.2 Å². The van der Waals surface area contributed by atoms with Crippen LogP contribution in [0.4, 0.5) is 0 Å². The Bertz CT molecular complexity index is 563. The molecule has 1 aromatic carbocycles. The Kier molecular flexibility index (Phi) is 4.10. The lowest BCUT2D eigenvalue weighted by Crippen LogP contribution is -2.31. The van der Waals surface area contributed by atoms with Crippen molar-refractivity contribution in [3.63, 3.8) is 0 Å². The van der Waals surface area contributed by atoms with Crippen molar-refractivity contribution in [3.05, 3.63) is 28.7 Å². The van der Waals surface area contributed by atoms with Crippen LogP contribution in [0, 0.1) is 11.3 Å². The molecule has 0 aromatic heterocycles. The van der Waals surface area contributed by atoms with Crippen LogP contribution in [0.2, 0.25) is 0 Å². The zero-order valence-corrected chi connectivity index (χ0v) is 14.0. The van der Waals surface area contributed by atoms with Crippen LogP contribution in [-0.4, -0.2) is 25.8 Å². The van der Waals surface area contributed by atoms with Crippen molar-refractivity contribution in [2.24, 2.45) is 11.3 Å². The summed E-state index contributed by atoms with van der Waals surface area (Å²) in [6.45, 7) is 7.77. The summed E-state index contributed by atoms with van der Waals surface area (Å²) < 4.78 is 27.5. The quantitative estimate of drug-likeness (QED) is 0.822. The highest BCUT2D eigenvalue weighted by Gasteiger charge is 2.37. The molecule has 1 unspecified atom stereocenters. The maximum absolute atomic E-state index is 12.6. The number of hydrogen-bond acceptors (Lipinski definition) is 2. The molecule has 5 heteroatoms. The van der Waals surface area contributed by atoms with E-state index in [0.717, 1.165) is 10.9 Å². The van der Waals surface area contributed by atoms with Gasteiger partial charge >= 0.3 is 0 Å². The molecule has 0 bridgehead atoms. The van der Waals surface area contributed by atoms with E-state index in [9.17, 15) is 8.42 Å². The molecule has 0 radical (unpaired) electrons. The Morgan fingerprint density at radius 1 is 1.32 bits per heavy atom. The second-order valence-electron chi connectivity index (χ2n) is 6.17. The maximum atomic E-state index is 12.6. The molecule has 1 saturated heterocycles. The van der Waals surface area contributed by atoms with Crippen molar-refractivity contribution in [1.29, 1.82) is 0 Å². The van der Waals surface area contributed by atoms with Gasteiger partial charge in [0.05, 0.1) is 4.90 Å². The average Bonchev–Trinajstić information content (AvgIpc) is 2.78. The largest absolute Gasteiger partial charge is 0.243 e. The van der Waals surface area contributed by atoms with E-state index in [1.165, 1.54) is 0 Å². The first-order valence-electron chi connectivity index (χ1n) is 6.47. The molecule has 1 atom stereocenters. The summed E-state index contributed by atoms with van der Waals surface area (Å²) in [5.41, 5.74) is 0.154. The van der Waals surface area contributed by atoms with Gasteiger partial charge in [-0.05, 0) is 36.0 Å². The van der Waals surface area contributed by atoms with E-state index in [2.05, 4.69) is 36.7 Å². The van der Waals surface area contributed by atoms with Gasteiger partial charge in [0.1, 0.15) is 0 Å². The van der Waals surface area contributed by atoms with E-state index >= 15 is 0 Å². The van der Waals surface area contributed by atoms with Gasteiger partial charge in [-0.15, -0.1) is 0 Å². The van der Waals surface area contributed by atoms with Gasteiger partial charge in [-0.3, -0.25) is 0 Å². The van der Waals surface area contributed by atoms with Gasteiger partial charge in [0.2, 0.25) is 10.0 Å². The Hall–Kier alpha value is -0.390. The van der Waals surface area contributed by atoms with Crippen molar-refractivity contribution in [3.8, 4) is 0 Å². The summed E-state index contributed by atoms with van der Waals surface area (Å²) in [6.07, 6.45) is 0.941. The van der Waals surface area contributed by atoms with Crippen LogP contribution in [0.3, 0.4) is 0 Å². The number of sulfonamides is 1. The summed E-state index contributed by atoms with van der Waals surface area (Å²) >= 11 is 3.32. The van der Waals surface area contributed by atoms with Gasteiger partial charge in [-0.25, -0.2) is 8.42 Å². The topological polar surface area (TPSA) is 37.4 Å². The number of nitrogens with zero attached hydrogens (tertiary/aromatic N) is 1. The normalized spacial score (nSPS) is 21.8. The third kappa shape index (κ3) is 3.20. The fourth-order valence-electron chi connectivity index (χ4n) is 2.43. The molecule has 0 N–H and O–H groups in total. The molecule has 19 heavy (non-hydrogen) atoms. The summed E-state index contributed by atoms with van der Waals surface area (Å²) in [5.74, 6) is 0.425. The van der Waals surface area contributed by atoms with E-state index in [1.54, 1.807) is 22.5 Å². The van der Waals surface area contributed by atoms with Crippen molar-refractivity contribution < 1.29 is 8.42 Å². The molecule has 0 aliphatic carbocycles. The molecule has 1 heterocycles. The molecule has 1 fully saturated rings. The summed E-state index contributed by atoms with van der Waals surface area (Å²) in [6, 6.07) is 6.92. The predicted molar refractivity (Wildman–Crippen MR) is 80.5 cm³/mol. The summed E-state index contributed by atoms with van der Waals surface area (Å²) in [5, 5.41) is 0. The Balaban J connectivity index is 2.23. The minimum atomic E-state index is -3.35. The standard InChI is InChI=1S/C14H20BrNO2S/c1-14(2,3)11-7-8-16(10-11)19(17,18)13-6-4-5-12(15)9-13/h4-6,9,11H,7-8,10H2,1-3H3. The average molecular weight is 346 g/mol. The lowest BCUT2D eigenvalue weighted by Gasteiger charge is -2.26. The van der Waals surface area contributed by atoms with Crippen LogP contribution in [0.5, 0.6) is 0 Å². The number of halogens is 1. The molecular weight excluding hydrogens is 326 g/mol. The van der Waals surface area contributed by atoms with E-state index < -0.39 is 10.0 Å². The first-order chi connectivity index (χ1) is 8.71.